The Kier molecular flexibility index (Phi) is 4.88. The number of nitrogens with one attached hydrogen (secondary N) is 1. The highest BCUT2D eigenvalue weighted by Crippen LogP contribution is 2.37. The molecule has 0 saturated heterocycles. The van der Waals surface area contributed by atoms with Crippen molar-refractivity contribution in [1.29, 1.82) is 0 Å². The van der Waals surface area contributed by atoms with Crippen molar-refractivity contribution in [2.24, 2.45) is 0 Å². The van der Waals surface area contributed by atoms with Gasteiger partial charge in [-0.25, -0.2) is 0 Å². The molecule has 0 radical (unpaired) electrons. The van der Waals surface area contributed by atoms with Gasteiger partial charge in [0.05, 0.1) is 27.1 Å². The van der Waals surface area contributed by atoms with Crippen molar-refractivity contribution in [3.8, 4) is 23.4 Å². The molecule has 2 aromatic carbocycles. The lowest BCUT2D eigenvalue weighted by molar-refractivity contribution is 0.417. The summed E-state index contributed by atoms with van der Waals surface area (Å²) in [4.78, 5) is 29.5. The lowest BCUT2D eigenvalue weighted by atomic mass is 10.3. The Morgan fingerprint density at radius 1 is 0.765 bits per heavy atom. The summed E-state index contributed by atoms with van der Waals surface area (Å²) in [5.74, 6) is 1.33. The average molecular weight is 470 g/mol. The van der Waals surface area contributed by atoms with Crippen LogP contribution >= 0.6 is 11.6 Å². The molecule has 0 aliphatic carbocycles. The number of ether oxygens (including phenoxy) is 2. The number of H-pyrrole nitrogens is 1. The number of fused-ring (bicyclic) bond motifs is 3. The Balaban J connectivity index is 1.43. The largest absolute Gasteiger partial charge is 0.438 e. The monoisotopic (exact) mass is 469 g/mol. The number of aromatic nitrogens is 7. The van der Waals surface area contributed by atoms with Gasteiger partial charge >= 0.3 is 6.01 Å². The molecule has 6 aromatic rings. The summed E-state index contributed by atoms with van der Waals surface area (Å²) in [6.45, 7) is 2.00. The van der Waals surface area contributed by atoms with Crippen molar-refractivity contribution in [3.63, 3.8) is 0 Å². The Morgan fingerprint density at radius 3 is 1.97 bits per heavy atom. The molecule has 10 heteroatoms. The van der Waals surface area contributed by atoms with E-state index in [9.17, 15) is 0 Å². The Bertz CT molecular complexity index is 1690. The van der Waals surface area contributed by atoms with Gasteiger partial charge in [0.25, 0.3) is 0 Å². The topological polar surface area (TPSA) is 112 Å². The van der Waals surface area contributed by atoms with Gasteiger partial charge in [-0.1, -0.05) is 18.5 Å². The SMILES string of the molecule is CCc1[nH]c2nc(Oc3ccc4nccnc4c3)nc(Oc3ccc4nccnc4c3)c2c1Cl. The van der Waals surface area contributed by atoms with E-state index in [0.717, 1.165) is 16.7 Å². The number of halogens is 1. The maximum atomic E-state index is 6.63. The Hall–Kier alpha value is -4.37. The zero-order chi connectivity index (χ0) is 23.1. The summed E-state index contributed by atoms with van der Waals surface area (Å²) in [7, 11) is 0. The van der Waals surface area contributed by atoms with Crippen LogP contribution in [0.2, 0.25) is 5.02 Å². The molecule has 0 amide bonds. The number of hydrogen-bond donors (Lipinski definition) is 1. The van der Waals surface area contributed by atoms with Gasteiger partial charge in [0, 0.05) is 42.6 Å². The highest BCUT2D eigenvalue weighted by molar-refractivity contribution is 6.36. The van der Waals surface area contributed by atoms with Crippen LogP contribution in [-0.4, -0.2) is 34.9 Å². The summed E-state index contributed by atoms with van der Waals surface area (Å²) in [6.07, 6.45) is 7.24. The van der Waals surface area contributed by atoms with Crippen LogP contribution in [0.1, 0.15) is 12.6 Å². The van der Waals surface area contributed by atoms with Gasteiger partial charge in [0.1, 0.15) is 22.5 Å². The molecule has 1 N–H and O–H groups in total. The second-order valence-corrected chi connectivity index (χ2v) is 7.80. The summed E-state index contributed by atoms with van der Waals surface area (Å²) in [5, 5.41) is 1.09. The maximum absolute atomic E-state index is 6.63. The van der Waals surface area contributed by atoms with Crippen LogP contribution in [0.3, 0.4) is 0 Å². The van der Waals surface area contributed by atoms with E-state index in [1.54, 1.807) is 49.1 Å². The highest BCUT2D eigenvalue weighted by atomic mass is 35.5. The van der Waals surface area contributed by atoms with E-state index in [1.807, 2.05) is 19.1 Å². The van der Waals surface area contributed by atoms with Crippen LogP contribution in [0, 0.1) is 0 Å². The molecule has 0 atom stereocenters. The second-order valence-electron chi connectivity index (χ2n) is 7.42. The molecule has 0 fully saturated rings. The summed E-state index contributed by atoms with van der Waals surface area (Å²) in [6, 6.07) is 10.9. The van der Waals surface area contributed by atoms with Gasteiger partial charge in [-0.2, -0.15) is 9.97 Å². The molecule has 0 unspecified atom stereocenters. The van der Waals surface area contributed by atoms with Crippen LogP contribution < -0.4 is 9.47 Å². The molecule has 4 heterocycles. The van der Waals surface area contributed by atoms with E-state index in [0.29, 0.717) is 45.0 Å². The minimum Gasteiger partial charge on any atom is -0.438 e. The van der Waals surface area contributed by atoms with Gasteiger partial charge in [0.15, 0.2) is 0 Å². The molecule has 0 aliphatic rings. The minimum atomic E-state index is 0.104. The smallest absolute Gasteiger partial charge is 0.327 e. The van der Waals surface area contributed by atoms with Crippen LogP contribution in [-0.2, 0) is 6.42 Å². The van der Waals surface area contributed by atoms with Crippen LogP contribution in [0.4, 0.5) is 0 Å². The first kappa shape index (κ1) is 20.3. The molecule has 9 nitrogen and oxygen atoms in total. The van der Waals surface area contributed by atoms with Crippen LogP contribution in [0.25, 0.3) is 33.1 Å². The number of nitrogens with zero attached hydrogens (tertiary/aromatic N) is 6. The van der Waals surface area contributed by atoms with Gasteiger partial charge in [-0.05, 0) is 30.7 Å². The number of benzene rings is 2. The summed E-state index contributed by atoms with van der Waals surface area (Å²) in [5.41, 5.74) is 4.28. The summed E-state index contributed by atoms with van der Waals surface area (Å²) < 4.78 is 12.1. The van der Waals surface area contributed by atoms with Crippen molar-refractivity contribution in [3.05, 3.63) is 71.9 Å². The lowest BCUT2D eigenvalue weighted by Gasteiger charge is -2.10. The Morgan fingerprint density at radius 2 is 1.35 bits per heavy atom. The third kappa shape index (κ3) is 3.61. The standard InChI is InChI=1S/C24H16ClN7O2/c1-2-15-21(25)20-22(30-15)31-24(34-14-4-6-17-19(12-14)29-10-8-27-17)32-23(20)33-13-3-5-16-18(11-13)28-9-7-26-16/h3-12H,2H2,1H3,(H,30,31,32). The molecule has 0 aliphatic heterocycles. The number of aryl methyl sites for hydroxylation is 1. The number of rotatable bonds is 5. The van der Waals surface area contributed by atoms with Crippen LogP contribution in [0.15, 0.2) is 61.2 Å². The lowest BCUT2D eigenvalue weighted by Crippen LogP contribution is -1.97. The van der Waals surface area contributed by atoms with E-state index < -0.39 is 0 Å². The average Bonchev–Trinajstić information content (AvgIpc) is 3.19. The number of hydrogen-bond acceptors (Lipinski definition) is 8. The first-order valence-electron chi connectivity index (χ1n) is 10.5. The van der Waals surface area contributed by atoms with Crippen molar-refractivity contribution in [1.82, 2.24) is 34.9 Å². The van der Waals surface area contributed by atoms with Crippen LogP contribution in [0.5, 0.6) is 23.4 Å². The highest BCUT2D eigenvalue weighted by Gasteiger charge is 2.20. The van der Waals surface area contributed by atoms with Gasteiger partial charge < -0.3 is 14.5 Å². The predicted octanol–water partition coefficient (Wildman–Crippen LogP) is 5.64. The van der Waals surface area contributed by atoms with Crippen molar-refractivity contribution >= 4 is 44.7 Å². The fourth-order valence-corrected chi connectivity index (χ4v) is 4.00. The van der Waals surface area contributed by atoms with E-state index in [-0.39, 0.29) is 11.9 Å². The minimum absolute atomic E-state index is 0.104. The fraction of sp³-hybridized carbons (Fsp3) is 0.0833. The molecule has 6 rings (SSSR count). The van der Waals surface area contributed by atoms with Gasteiger partial charge in [0.2, 0.25) is 5.88 Å². The zero-order valence-corrected chi connectivity index (χ0v) is 18.6. The molecule has 4 aromatic heterocycles. The quantitative estimate of drug-likeness (QED) is 0.345. The van der Waals surface area contributed by atoms with Crippen molar-refractivity contribution in [2.45, 2.75) is 13.3 Å². The molecule has 0 saturated carbocycles. The Labute approximate surface area is 197 Å². The molecule has 0 spiro atoms. The van der Waals surface area contributed by atoms with Gasteiger partial charge in [-0.15, -0.1) is 0 Å². The molecular formula is C24H16ClN7O2. The second kappa shape index (κ2) is 8.20. The van der Waals surface area contributed by atoms with E-state index >= 15 is 0 Å². The first-order chi connectivity index (χ1) is 16.7. The normalized spacial score (nSPS) is 11.4. The first-order valence-corrected chi connectivity index (χ1v) is 10.9. The van der Waals surface area contributed by atoms with E-state index in [2.05, 4.69) is 34.9 Å². The fourth-order valence-electron chi connectivity index (χ4n) is 3.65. The maximum Gasteiger partial charge on any atom is 0.327 e. The third-order valence-electron chi connectivity index (χ3n) is 5.27. The zero-order valence-electron chi connectivity index (χ0n) is 17.9. The van der Waals surface area contributed by atoms with E-state index in [1.165, 1.54) is 0 Å². The molecule has 34 heavy (non-hydrogen) atoms. The van der Waals surface area contributed by atoms with Crippen molar-refractivity contribution < 1.29 is 9.47 Å². The summed E-state index contributed by atoms with van der Waals surface area (Å²) >= 11 is 6.63. The van der Waals surface area contributed by atoms with Gasteiger partial charge in [-0.3, -0.25) is 19.9 Å². The molecule has 166 valence electrons. The van der Waals surface area contributed by atoms with E-state index in [4.69, 9.17) is 21.1 Å². The predicted molar refractivity (Wildman–Crippen MR) is 128 cm³/mol. The third-order valence-corrected chi connectivity index (χ3v) is 5.68. The van der Waals surface area contributed by atoms with Crippen molar-refractivity contribution in [2.75, 3.05) is 0 Å². The number of aromatic amines is 1. The molecule has 0 bridgehead atoms. The molecular weight excluding hydrogens is 454 g/mol.